The van der Waals surface area contributed by atoms with E-state index in [1.165, 1.54) is 25.0 Å². The lowest BCUT2D eigenvalue weighted by Gasteiger charge is -2.35. The highest BCUT2D eigenvalue weighted by atomic mass is 19.4. The van der Waals surface area contributed by atoms with Crippen molar-refractivity contribution in [3.8, 4) is 0 Å². The van der Waals surface area contributed by atoms with E-state index in [0.717, 1.165) is 30.5 Å². The number of amides is 1. The third-order valence-electron chi connectivity index (χ3n) is 6.65. The van der Waals surface area contributed by atoms with Gasteiger partial charge in [0, 0.05) is 25.6 Å². The summed E-state index contributed by atoms with van der Waals surface area (Å²) in [6.07, 6.45) is 0.205. The molecule has 4 atom stereocenters. The van der Waals surface area contributed by atoms with E-state index in [1.54, 1.807) is 0 Å². The standard InChI is InChI=1S/C21H27F3N2O2/c22-21(23,24)17-5-3-15(4-6-17)19(26-7-9-28-10-8-26)13-25-20(27)18-12-14-1-2-16(18)11-14/h3-6,14,16,18-19H,1-2,7-13H2,(H,25,27)/t14-,16-,18-,19+/m0/s1. The van der Waals surface area contributed by atoms with E-state index in [0.29, 0.717) is 44.7 Å². The summed E-state index contributed by atoms with van der Waals surface area (Å²) in [6, 6.07) is 5.18. The van der Waals surface area contributed by atoms with E-state index in [9.17, 15) is 18.0 Å². The van der Waals surface area contributed by atoms with Crippen molar-refractivity contribution in [2.45, 2.75) is 37.9 Å². The van der Waals surface area contributed by atoms with E-state index < -0.39 is 11.7 Å². The second-order valence-electron chi connectivity index (χ2n) is 8.31. The van der Waals surface area contributed by atoms with Crippen LogP contribution in [0.5, 0.6) is 0 Å². The van der Waals surface area contributed by atoms with Crippen LogP contribution in [-0.4, -0.2) is 43.7 Å². The molecule has 0 aromatic heterocycles. The molecule has 1 heterocycles. The molecule has 0 radical (unpaired) electrons. The van der Waals surface area contributed by atoms with Gasteiger partial charge in [-0.1, -0.05) is 18.6 Å². The monoisotopic (exact) mass is 396 g/mol. The minimum Gasteiger partial charge on any atom is -0.379 e. The average Bonchev–Trinajstić information content (AvgIpc) is 3.32. The number of alkyl halides is 3. The fourth-order valence-electron chi connectivity index (χ4n) is 5.14. The second kappa shape index (κ2) is 8.03. The summed E-state index contributed by atoms with van der Waals surface area (Å²) in [5, 5.41) is 3.11. The minimum atomic E-state index is -4.34. The summed E-state index contributed by atoms with van der Waals surface area (Å²) in [5.74, 6) is 1.43. The molecule has 4 nitrogen and oxygen atoms in total. The molecule has 7 heteroatoms. The molecule has 28 heavy (non-hydrogen) atoms. The van der Waals surface area contributed by atoms with Gasteiger partial charge in [-0.15, -0.1) is 0 Å². The van der Waals surface area contributed by atoms with Crippen molar-refractivity contribution in [3.05, 3.63) is 35.4 Å². The number of morpholine rings is 1. The zero-order chi connectivity index (χ0) is 19.7. The molecule has 3 aliphatic rings. The molecule has 1 saturated heterocycles. The Morgan fingerprint density at radius 2 is 1.86 bits per heavy atom. The number of benzene rings is 1. The van der Waals surface area contributed by atoms with Crippen LogP contribution in [0.25, 0.3) is 0 Å². The zero-order valence-electron chi connectivity index (χ0n) is 15.9. The number of fused-ring (bicyclic) bond motifs is 2. The van der Waals surface area contributed by atoms with Crippen molar-refractivity contribution in [1.29, 1.82) is 0 Å². The van der Waals surface area contributed by atoms with E-state index in [2.05, 4.69) is 10.2 Å². The Labute approximate surface area is 163 Å². The number of hydrogen-bond acceptors (Lipinski definition) is 3. The van der Waals surface area contributed by atoms with Crippen LogP contribution in [-0.2, 0) is 15.7 Å². The SMILES string of the molecule is O=C(NC[C@H](c1ccc(C(F)(F)F)cc1)N1CCOCC1)[C@H]1C[C@H]2CC[C@H]1C2. The first-order chi connectivity index (χ1) is 13.4. The van der Waals surface area contributed by atoms with Gasteiger partial charge >= 0.3 is 6.18 Å². The van der Waals surface area contributed by atoms with Crippen molar-refractivity contribution >= 4 is 5.91 Å². The van der Waals surface area contributed by atoms with Gasteiger partial charge in [0.15, 0.2) is 0 Å². The lowest BCUT2D eigenvalue weighted by atomic mass is 9.88. The molecule has 0 spiro atoms. The van der Waals surface area contributed by atoms with Crippen LogP contribution in [0.3, 0.4) is 0 Å². The number of carbonyl (C=O) groups is 1. The number of rotatable bonds is 5. The van der Waals surface area contributed by atoms with Gasteiger partial charge in [-0.25, -0.2) is 0 Å². The van der Waals surface area contributed by atoms with Crippen molar-refractivity contribution in [3.63, 3.8) is 0 Å². The van der Waals surface area contributed by atoms with Crippen molar-refractivity contribution in [2.75, 3.05) is 32.8 Å². The number of hydrogen-bond donors (Lipinski definition) is 1. The summed E-state index contributed by atoms with van der Waals surface area (Å²) < 4.78 is 44.1. The molecule has 4 rings (SSSR count). The van der Waals surface area contributed by atoms with Crippen molar-refractivity contribution in [2.24, 2.45) is 17.8 Å². The van der Waals surface area contributed by atoms with Crippen LogP contribution in [0.4, 0.5) is 13.2 Å². The molecule has 1 amide bonds. The number of nitrogens with zero attached hydrogens (tertiary/aromatic N) is 1. The highest BCUT2D eigenvalue weighted by molar-refractivity contribution is 5.79. The molecule has 1 N–H and O–H groups in total. The molecule has 2 aliphatic carbocycles. The van der Waals surface area contributed by atoms with Gasteiger partial charge < -0.3 is 10.1 Å². The average molecular weight is 396 g/mol. The minimum absolute atomic E-state index is 0.108. The highest BCUT2D eigenvalue weighted by Gasteiger charge is 2.43. The Morgan fingerprint density at radius 3 is 2.43 bits per heavy atom. The van der Waals surface area contributed by atoms with Gasteiger partial charge in [0.2, 0.25) is 5.91 Å². The highest BCUT2D eigenvalue weighted by Crippen LogP contribution is 2.48. The first-order valence-electron chi connectivity index (χ1n) is 10.2. The van der Waals surface area contributed by atoms with Gasteiger partial charge in [-0.3, -0.25) is 9.69 Å². The van der Waals surface area contributed by atoms with E-state index >= 15 is 0 Å². The molecule has 0 unspecified atom stereocenters. The van der Waals surface area contributed by atoms with Crippen LogP contribution in [0.2, 0.25) is 0 Å². The van der Waals surface area contributed by atoms with Crippen LogP contribution >= 0.6 is 0 Å². The summed E-state index contributed by atoms with van der Waals surface area (Å²) in [4.78, 5) is 14.9. The number of halogens is 3. The summed E-state index contributed by atoms with van der Waals surface area (Å²) in [5.41, 5.74) is 0.145. The quantitative estimate of drug-likeness (QED) is 0.827. The summed E-state index contributed by atoms with van der Waals surface area (Å²) >= 11 is 0. The van der Waals surface area contributed by atoms with E-state index in [1.807, 2.05) is 0 Å². The van der Waals surface area contributed by atoms with Crippen LogP contribution in [0, 0.1) is 17.8 Å². The van der Waals surface area contributed by atoms with E-state index in [-0.39, 0.29) is 17.9 Å². The molecular formula is C21H27F3N2O2. The summed E-state index contributed by atoms with van der Waals surface area (Å²) in [6.45, 7) is 3.01. The maximum absolute atomic E-state index is 12.9. The Morgan fingerprint density at radius 1 is 1.14 bits per heavy atom. The lowest BCUT2D eigenvalue weighted by molar-refractivity contribution is -0.137. The lowest BCUT2D eigenvalue weighted by Crippen LogP contribution is -2.45. The number of ether oxygens (including phenoxy) is 1. The Hall–Kier alpha value is -1.60. The molecule has 154 valence electrons. The fourth-order valence-corrected chi connectivity index (χ4v) is 5.14. The van der Waals surface area contributed by atoms with Gasteiger partial charge in [-0.2, -0.15) is 13.2 Å². The summed E-state index contributed by atoms with van der Waals surface area (Å²) in [7, 11) is 0. The first kappa shape index (κ1) is 19.7. The molecule has 1 aromatic carbocycles. The van der Waals surface area contributed by atoms with Gasteiger partial charge in [0.1, 0.15) is 0 Å². The topological polar surface area (TPSA) is 41.6 Å². The maximum Gasteiger partial charge on any atom is 0.416 e. The third-order valence-corrected chi connectivity index (χ3v) is 6.65. The maximum atomic E-state index is 12.9. The van der Waals surface area contributed by atoms with Crippen LogP contribution < -0.4 is 5.32 Å². The Balaban J connectivity index is 1.45. The van der Waals surface area contributed by atoms with Crippen molar-refractivity contribution in [1.82, 2.24) is 10.2 Å². The first-order valence-corrected chi connectivity index (χ1v) is 10.2. The van der Waals surface area contributed by atoms with E-state index in [4.69, 9.17) is 4.74 Å². The molecule has 2 saturated carbocycles. The van der Waals surface area contributed by atoms with Crippen LogP contribution in [0.1, 0.15) is 42.9 Å². The predicted octanol–water partition coefficient (Wildman–Crippen LogP) is 3.63. The Kier molecular flexibility index (Phi) is 5.65. The van der Waals surface area contributed by atoms with Crippen LogP contribution in [0.15, 0.2) is 24.3 Å². The molecule has 2 bridgehead atoms. The number of carbonyl (C=O) groups excluding carboxylic acids is 1. The molecular weight excluding hydrogens is 369 g/mol. The largest absolute Gasteiger partial charge is 0.416 e. The normalized spacial score (nSPS) is 29.0. The fraction of sp³-hybridized carbons (Fsp3) is 0.667. The third kappa shape index (κ3) is 4.20. The zero-order valence-corrected chi connectivity index (χ0v) is 15.9. The Bertz CT molecular complexity index is 686. The van der Waals surface area contributed by atoms with Gasteiger partial charge in [0.05, 0.1) is 24.8 Å². The molecule has 1 aromatic rings. The molecule has 1 aliphatic heterocycles. The van der Waals surface area contributed by atoms with Gasteiger partial charge in [-0.05, 0) is 48.8 Å². The molecule has 3 fully saturated rings. The van der Waals surface area contributed by atoms with Crippen molar-refractivity contribution < 1.29 is 22.7 Å². The smallest absolute Gasteiger partial charge is 0.379 e. The number of nitrogens with one attached hydrogen (secondary N) is 1. The van der Waals surface area contributed by atoms with Gasteiger partial charge in [0.25, 0.3) is 0 Å². The predicted molar refractivity (Wildman–Crippen MR) is 98.5 cm³/mol. The second-order valence-corrected chi connectivity index (χ2v) is 8.31.